The molecule has 0 spiro atoms. The number of rotatable bonds is 6. The molecule has 0 bridgehead atoms. The van der Waals surface area contributed by atoms with E-state index in [2.05, 4.69) is 18.7 Å². The zero-order chi connectivity index (χ0) is 12.8. The third-order valence-corrected chi connectivity index (χ3v) is 2.95. The van der Waals surface area contributed by atoms with Crippen molar-refractivity contribution in [2.24, 2.45) is 0 Å². The summed E-state index contributed by atoms with van der Waals surface area (Å²) in [5, 5.41) is 9.23. The molecule has 0 aliphatic rings. The summed E-state index contributed by atoms with van der Waals surface area (Å²) in [5.41, 5.74) is 2.31. The van der Waals surface area contributed by atoms with Gasteiger partial charge < -0.3 is 10.0 Å². The van der Waals surface area contributed by atoms with Gasteiger partial charge in [-0.1, -0.05) is 25.5 Å². The van der Waals surface area contributed by atoms with E-state index in [0.717, 1.165) is 37.2 Å². The summed E-state index contributed by atoms with van der Waals surface area (Å²) >= 11 is 0. The number of carboxylic acid groups (broad SMARTS) is 1. The number of anilines is 1. The number of hydrogen-bond donors (Lipinski definition) is 1. The summed E-state index contributed by atoms with van der Waals surface area (Å²) in [6, 6.07) is 5.45. The van der Waals surface area contributed by atoms with Gasteiger partial charge in [-0.25, -0.2) is 4.79 Å². The summed E-state index contributed by atoms with van der Waals surface area (Å²) in [6.07, 6.45) is 2.20. The fourth-order valence-corrected chi connectivity index (χ4v) is 2.03. The van der Waals surface area contributed by atoms with Gasteiger partial charge in [-0.05, 0) is 31.9 Å². The SMILES string of the molecule is CCCCN(CC)c1c(C)cccc1C(=O)O. The van der Waals surface area contributed by atoms with E-state index >= 15 is 0 Å². The zero-order valence-corrected chi connectivity index (χ0v) is 10.9. The quantitative estimate of drug-likeness (QED) is 0.822. The fourth-order valence-electron chi connectivity index (χ4n) is 2.03. The monoisotopic (exact) mass is 235 g/mol. The predicted molar refractivity (Wildman–Crippen MR) is 70.9 cm³/mol. The third kappa shape index (κ3) is 3.22. The van der Waals surface area contributed by atoms with E-state index in [0.29, 0.717) is 5.56 Å². The van der Waals surface area contributed by atoms with Gasteiger partial charge in [0.2, 0.25) is 0 Å². The van der Waals surface area contributed by atoms with Crippen molar-refractivity contribution in [3.63, 3.8) is 0 Å². The number of nitrogens with zero attached hydrogens (tertiary/aromatic N) is 1. The predicted octanol–water partition coefficient (Wildman–Crippen LogP) is 3.32. The van der Waals surface area contributed by atoms with Crippen LogP contribution in [0.3, 0.4) is 0 Å². The Kier molecular flexibility index (Phi) is 5.01. The van der Waals surface area contributed by atoms with Crippen molar-refractivity contribution < 1.29 is 9.90 Å². The molecule has 0 aromatic heterocycles. The third-order valence-electron chi connectivity index (χ3n) is 2.95. The van der Waals surface area contributed by atoms with Gasteiger partial charge in [-0.15, -0.1) is 0 Å². The minimum absolute atomic E-state index is 0.406. The lowest BCUT2D eigenvalue weighted by Crippen LogP contribution is -2.26. The van der Waals surface area contributed by atoms with Gasteiger partial charge in [-0.3, -0.25) is 0 Å². The van der Waals surface area contributed by atoms with Crippen LogP contribution in [-0.4, -0.2) is 24.2 Å². The number of aryl methyl sites for hydroxylation is 1. The van der Waals surface area contributed by atoms with Crippen molar-refractivity contribution in [3.8, 4) is 0 Å². The smallest absolute Gasteiger partial charge is 0.337 e. The molecule has 0 atom stereocenters. The normalized spacial score (nSPS) is 10.3. The van der Waals surface area contributed by atoms with E-state index in [9.17, 15) is 9.90 Å². The van der Waals surface area contributed by atoms with E-state index in [1.807, 2.05) is 13.0 Å². The molecule has 3 nitrogen and oxygen atoms in total. The molecule has 0 heterocycles. The molecule has 1 aromatic carbocycles. The lowest BCUT2D eigenvalue weighted by Gasteiger charge is -2.26. The first-order valence-electron chi connectivity index (χ1n) is 6.19. The zero-order valence-electron chi connectivity index (χ0n) is 10.9. The van der Waals surface area contributed by atoms with Crippen molar-refractivity contribution in [1.82, 2.24) is 0 Å². The Labute approximate surface area is 103 Å². The average molecular weight is 235 g/mol. The van der Waals surface area contributed by atoms with Crippen LogP contribution in [0.15, 0.2) is 18.2 Å². The molecule has 0 aliphatic carbocycles. The highest BCUT2D eigenvalue weighted by molar-refractivity contribution is 5.95. The molecule has 94 valence electrons. The van der Waals surface area contributed by atoms with Crippen LogP contribution in [0.25, 0.3) is 0 Å². The van der Waals surface area contributed by atoms with Crippen molar-refractivity contribution in [1.29, 1.82) is 0 Å². The Morgan fingerprint density at radius 2 is 2.06 bits per heavy atom. The Balaban J connectivity index is 3.11. The van der Waals surface area contributed by atoms with Crippen molar-refractivity contribution in [3.05, 3.63) is 29.3 Å². The Bertz CT molecular complexity index is 388. The maximum atomic E-state index is 11.2. The van der Waals surface area contributed by atoms with Gasteiger partial charge in [0.1, 0.15) is 0 Å². The summed E-state index contributed by atoms with van der Waals surface area (Å²) in [6.45, 7) is 7.93. The van der Waals surface area contributed by atoms with Crippen LogP contribution in [0, 0.1) is 6.92 Å². The molecule has 1 aromatic rings. The van der Waals surface area contributed by atoms with Crippen molar-refractivity contribution in [2.75, 3.05) is 18.0 Å². The maximum absolute atomic E-state index is 11.2. The first kappa shape index (κ1) is 13.6. The van der Waals surface area contributed by atoms with E-state index in [-0.39, 0.29) is 0 Å². The summed E-state index contributed by atoms with van der Waals surface area (Å²) < 4.78 is 0. The van der Waals surface area contributed by atoms with E-state index in [1.165, 1.54) is 0 Å². The molecule has 0 saturated heterocycles. The summed E-state index contributed by atoms with van der Waals surface area (Å²) in [4.78, 5) is 13.4. The highest BCUT2D eigenvalue weighted by Crippen LogP contribution is 2.25. The standard InChI is InChI=1S/C14H21NO2/c1-4-6-10-15(5-2)13-11(3)8-7-9-12(13)14(16)17/h7-9H,4-6,10H2,1-3H3,(H,16,17). The highest BCUT2D eigenvalue weighted by Gasteiger charge is 2.16. The Hall–Kier alpha value is -1.51. The molecule has 0 saturated carbocycles. The van der Waals surface area contributed by atoms with E-state index in [1.54, 1.807) is 12.1 Å². The van der Waals surface area contributed by atoms with Gasteiger partial charge in [0.25, 0.3) is 0 Å². The molecule has 0 amide bonds. The van der Waals surface area contributed by atoms with Crippen molar-refractivity contribution in [2.45, 2.75) is 33.6 Å². The second-order valence-electron chi connectivity index (χ2n) is 4.21. The Morgan fingerprint density at radius 1 is 1.35 bits per heavy atom. The van der Waals surface area contributed by atoms with Crippen LogP contribution >= 0.6 is 0 Å². The molecule has 17 heavy (non-hydrogen) atoms. The molecule has 0 aliphatic heterocycles. The van der Waals surface area contributed by atoms with Gasteiger partial charge >= 0.3 is 5.97 Å². The number of carboxylic acids is 1. The summed E-state index contributed by atoms with van der Waals surface area (Å²) in [7, 11) is 0. The first-order valence-corrected chi connectivity index (χ1v) is 6.19. The largest absolute Gasteiger partial charge is 0.478 e. The minimum Gasteiger partial charge on any atom is -0.478 e. The second-order valence-corrected chi connectivity index (χ2v) is 4.21. The molecule has 0 fully saturated rings. The molecule has 1 rings (SSSR count). The topological polar surface area (TPSA) is 40.5 Å². The molecular formula is C14H21NO2. The number of para-hydroxylation sites is 1. The minimum atomic E-state index is -0.848. The summed E-state index contributed by atoms with van der Waals surface area (Å²) in [5.74, 6) is -0.848. The highest BCUT2D eigenvalue weighted by atomic mass is 16.4. The molecule has 1 N–H and O–H groups in total. The van der Waals surface area contributed by atoms with Gasteiger partial charge in [-0.2, -0.15) is 0 Å². The van der Waals surface area contributed by atoms with Crippen molar-refractivity contribution >= 4 is 11.7 Å². The molecular weight excluding hydrogens is 214 g/mol. The number of unbranched alkanes of at least 4 members (excludes halogenated alkanes) is 1. The molecule has 3 heteroatoms. The Morgan fingerprint density at radius 3 is 2.59 bits per heavy atom. The van der Waals surface area contributed by atoms with Crippen LogP contribution in [0.1, 0.15) is 42.6 Å². The molecule has 0 unspecified atom stereocenters. The number of hydrogen-bond acceptors (Lipinski definition) is 2. The number of carbonyl (C=O) groups is 1. The first-order chi connectivity index (χ1) is 8.11. The van der Waals surface area contributed by atoms with E-state index < -0.39 is 5.97 Å². The van der Waals surface area contributed by atoms with Gasteiger partial charge in [0, 0.05) is 13.1 Å². The van der Waals surface area contributed by atoms with Crippen LogP contribution in [0.5, 0.6) is 0 Å². The lowest BCUT2D eigenvalue weighted by atomic mass is 10.1. The van der Waals surface area contributed by atoms with Gasteiger partial charge in [0.15, 0.2) is 0 Å². The second kappa shape index (κ2) is 6.28. The number of aromatic carboxylic acids is 1. The van der Waals surface area contributed by atoms with Crippen LogP contribution in [0.4, 0.5) is 5.69 Å². The van der Waals surface area contributed by atoms with Gasteiger partial charge in [0.05, 0.1) is 11.3 Å². The van der Waals surface area contributed by atoms with Crippen LogP contribution in [0.2, 0.25) is 0 Å². The molecule has 0 radical (unpaired) electrons. The lowest BCUT2D eigenvalue weighted by molar-refractivity contribution is 0.0697. The van der Waals surface area contributed by atoms with E-state index in [4.69, 9.17) is 0 Å². The fraction of sp³-hybridized carbons (Fsp3) is 0.500. The maximum Gasteiger partial charge on any atom is 0.337 e. The number of benzene rings is 1. The average Bonchev–Trinajstić information content (AvgIpc) is 2.31. The van der Waals surface area contributed by atoms with Crippen LogP contribution in [-0.2, 0) is 0 Å². The van der Waals surface area contributed by atoms with Crippen LogP contribution < -0.4 is 4.90 Å².